The van der Waals surface area contributed by atoms with Crippen LogP contribution in [0.25, 0.3) is 0 Å². The standard InChI is InChI=1S/C13H18N4O/c1-9-7-10(18-2)5-6-17(9)13-4-3-11(15)12(8-14)16-13/h3-4,9-10H,5-7,15H2,1-2H3. The summed E-state index contributed by atoms with van der Waals surface area (Å²) in [4.78, 5) is 6.52. The molecule has 2 unspecified atom stereocenters. The van der Waals surface area contributed by atoms with Gasteiger partial charge in [-0.1, -0.05) is 0 Å². The van der Waals surface area contributed by atoms with Gasteiger partial charge in [0, 0.05) is 19.7 Å². The molecule has 0 aromatic carbocycles. The predicted octanol–water partition coefficient (Wildman–Crippen LogP) is 1.54. The van der Waals surface area contributed by atoms with Gasteiger partial charge in [-0.3, -0.25) is 0 Å². The molecule has 1 aromatic rings. The monoisotopic (exact) mass is 246 g/mol. The zero-order chi connectivity index (χ0) is 13.1. The number of aromatic nitrogens is 1. The van der Waals surface area contributed by atoms with Crippen molar-refractivity contribution >= 4 is 11.5 Å². The molecule has 1 fully saturated rings. The van der Waals surface area contributed by atoms with Gasteiger partial charge in [-0.2, -0.15) is 5.26 Å². The van der Waals surface area contributed by atoms with E-state index in [9.17, 15) is 0 Å². The molecule has 18 heavy (non-hydrogen) atoms. The van der Waals surface area contributed by atoms with Crippen molar-refractivity contribution in [2.75, 3.05) is 24.3 Å². The van der Waals surface area contributed by atoms with Gasteiger partial charge in [0.25, 0.3) is 0 Å². The molecule has 2 rings (SSSR count). The Balaban J connectivity index is 2.20. The molecule has 0 saturated carbocycles. The minimum Gasteiger partial charge on any atom is -0.396 e. The minimum absolute atomic E-state index is 0.300. The van der Waals surface area contributed by atoms with Crippen molar-refractivity contribution in [3.63, 3.8) is 0 Å². The fourth-order valence-corrected chi connectivity index (χ4v) is 2.39. The average Bonchev–Trinajstić information content (AvgIpc) is 2.39. The lowest BCUT2D eigenvalue weighted by atomic mass is 10.0. The van der Waals surface area contributed by atoms with Crippen molar-refractivity contribution in [2.24, 2.45) is 0 Å². The maximum absolute atomic E-state index is 8.96. The van der Waals surface area contributed by atoms with E-state index in [0.29, 0.717) is 23.5 Å². The van der Waals surface area contributed by atoms with E-state index in [2.05, 4.69) is 16.8 Å². The molecule has 1 aliphatic rings. The Morgan fingerprint density at radius 2 is 2.33 bits per heavy atom. The Labute approximate surface area is 107 Å². The summed E-state index contributed by atoms with van der Waals surface area (Å²) < 4.78 is 5.39. The topological polar surface area (TPSA) is 75.2 Å². The molecule has 5 heteroatoms. The van der Waals surface area contributed by atoms with E-state index in [1.807, 2.05) is 12.1 Å². The Hall–Kier alpha value is -1.80. The van der Waals surface area contributed by atoms with Crippen LogP contribution < -0.4 is 10.6 Å². The predicted molar refractivity (Wildman–Crippen MR) is 70.2 cm³/mol. The fourth-order valence-electron chi connectivity index (χ4n) is 2.39. The van der Waals surface area contributed by atoms with Crippen LogP contribution in [0.15, 0.2) is 12.1 Å². The first kappa shape index (κ1) is 12.7. The van der Waals surface area contributed by atoms with E-state index in [-0.39, 0.29) is 0 Å². The van der Waals surface area contributed by atoms with Crippen molar-refractivity contribution < 1.29 is 4.74 Å². The van der Waals surface area contributed by atoms with Gasteiger partial charge in [-0.25, -0.2) is 4.98 Å². The third-order valence-corrected chi connectivity index (χ3v) is 3.47. The van der Waals surface area contributed by atoms with Crippen molar-refractivity contribution in [1.29, 1.82) is 5.26 Å². The smallest absolute Gasteiger partial charge is 0.165 e. The lowest BCUT2D eigenvalue weighted by Gasteiger charge is -2.38. The number of ether oxygens (including phenoxy) is 1. The average molecular weight is 246 g/mol. The van der Waals surface area contributed by atoms with Crippen molar-refractivity contribution in [3.8, 4) is 6.07 Å². The maximum atomic E-state index is 8.96. The highest BCUT2D eigenvalue weighted by molar-refractivity contribution is 5.55. The van der Waals surface area contributed by atoms with Gasteiger partial charge in [0.1, 0.15) is 11.9 Å². The van der Waals surface area contributed by atoms with Crippen molar-refractivity contribution in [1.82, 2.24) is 4.98 Å². The van der Waals surface area contributed by atoms with Crippen LogP contribution in [-0.2, 0) is 4.74 Å². The van der Waals surface area contributed by atoms with E-state index in [1.165, 1.54) is 0 Å². The number of nitrogens with zero attached hydrogens (tertiary/aromatic N) is 3. The highest BCUT2D eigenvalue weighted by atomic mass is 16.5. The number of anilines is 2. The number of hydrogen-bond acceptors (Lipinski definition) is 5. The van der Waals surface area contributed by atoms with Crippen molar-refractivity contribution in [3.05, 3.63) is 17.8 Å². The molecule has 2 N–H and O–H groups in total. The molecular weight excluding hydrogens is 228 g/mol. The van der Waals surface area contributed by atoms with Crippen LogP contribution in [0.3, 0.4) is 0 Å². The summed E-state index contributed by atoms with van der Waals surface area (Å²) >= 11 is 0. The molecule has 0 amide bonds. The molecule has 2 atom stereocenters. The first-order chi connectivity index (χ1) is 8.65. The maximum Gasteiger partial charge on any atom is 0.165 e. The number of nitriles is 1. The lowest BCUT2D eigenvalue weighted by Crippen LogP contribution is -2.43. The van der Waals surface area contributed by atoms with Gasteiger partial charge in [0.05, 0.1) is 11.8 Å². The summed E-state index contributed by atoms with van der Waals surface area (Å²) in [5.74, 6) is 0.822. The molecule has 0 spiro atoms. The molecule has 0 aliphatic carbocycles. The van der Waals surface area contributed by atoms with Crippen LogP contribution in [0.4, 0.5) is 11.5 Å². The largest absolute Gasteiger partial charge is 0.396 e. The zero-order valence-electron chi connectivity index (χ0n) is 10.8. The molecule has 1 saturated heterocycles. The second-order valence-electron chi connectivity index (χ2n) is 4.64. The zero-order valence-corrected chi connectivity index (χ0v) is 10.8. The third-order valence-electron chi connectivity index (χ3n) is 3.47. The summed E-state index contributed by atoms with van der Waals surface area (Å²) in [5.41, 5.74) is 6.42. The summed E-state index contributed by atoms with van der Waals surface area (Å²) in [6.45, 7) is 3.04. The van der Waals surface area contributed by atoms with Gasteiger partial charge in [-0.15, -0.1) is 0 Å². The lowest BCUT2D eigenvalue weighted by molar-refractivity contribution is 0.0719. The summed E-state index contributed by atoms with van der Waals surface area (Å²) in [6, 6.07) is 6.00. The van der Waals surface area contributed by atoms with E-state index in [0.717, 1.165) is 25.2 Å². The first-order valence-corrected chi connectivity index (χ1v) is 6.11. The second kappa shape index (κ2) is 5.23. The van der Waals surface area contributed by atoms with Gasteiger partial charge in [0.2, 0.25) is 0 Å². The van der Waals surface area contributed by atoms with E-state index in [4.69, 9.17) is 15.7 Å². The van der Waals surface area contributed by atoms with E-state index < -0.39 is 0 Å². The summed E-state index contributed by atoms with van der Waals surface area (Å²) in [6.07, 6.45) is 2.28. The van der Waals surface area contributed by atoms with Gasteiger partial charge in [0.15, 0.2) is 5.69 Å². The highest BCUT2D eigenvalue weighted by Crippen LogP contribution is 2.25. The van der Waals surface area contributed by atoms with E-state index >= 15 is 0 Å². The van der Waals surface area contributed by atoms with Crippen molar-refractivity contribution in [2.45, 2.75) is 31.9 Å². The SMILES string of the molecule is COC1CCN(c2ccc(N)c(C#N)n2)C(C)C1. The third kappa shape index (κ3) is 2.39. The van der Waals surface area contributed by atoms with Crippen LogP contribution in [0, 0.1) is 11.3 Å². The fraction of sp³-hybridized carbons (Fsp3) is 0.538. The van der Waals surface area contributed by atoms with Gasteiger partial charge < -0.3 is 15.4 Å². The highest BCUT2D eigenvalue weighted by Gasteiger charge is 2.26. The van der Waals surface area contributed by atoms with E-state index in [1.54, 1.807) is 13.2 Å². The van der Waals surface area contributed by atoms with Gasteiger partial charge in [-0.05, 0) is 31.9 Å². The quantitative estimate of drug-likeness (QED) is 0.856. The second-order valence-corrected chi connectivity index (χ2v) is 4.64. The minimum atomic E-state index is 0.300. The number of nitrogen functional groups attached to an aromatic ring is 1. The first-order valence-electron chi connectivity index (χ1n) is 6.11. The molecule has 0 radical (unpaired) electrons. The summed E-state index contributed by atoms with van der Waals surface area (Å²) in [5, 5.41) is 8.96. The molecular formula is C13H18N4O. The van der Waals surface area contributed by atoms with Crippen LogP contribution in [0.2, 0.25) is 0 Å². The molecule has 2 heterocycles. The van der Waals surface area contributed by atoms with Crippen LogP contribution in [0.1, 0.15) is 25.5 Å². The molecule has 1 aliphatic heterocycles. The molecule has 1 aromatic heterocycles. The number of methoxy groups -OCH3 is 1. The number of nitrogens with two attached hydrogens (primary N) is 1. The normalized spacial score (nSPS) is 23.7. The van der Waals surface area contributed by atoms with Crippen LogP contribution in [-0.4, -0.2) is 30.8 Å². The number of piperidine rings is 1. The number of hydrogen-bond donors (Lipinski definition) is 1. The van der Waals surface area contributed by atoms with Crippen LogP contribution in [0.5, 0.6) is 0 Å². The molecule has 5 nitrogen and oxygen atoms in total. The number of rotatable bonds is 2. The Morgan fingerprint density at radius 1 is 1.56 bits per heavy atom. The van der Waals surface area contributed by atoms with Crippen LogP contribution >= 0.6 is 0 Å². The Bertz CT molecular complexity index is 469. The number of pyridine rings is 1. The Kier molecular flexibility index (Phi) is 3.68. The summed E-state index contributed by atoms with van der Waals surface area (Å²) in [7, 11) is 1.75. The Morgan fingerprint density at radius 3 is 2.94 bits per heavy atom. The molecule has 96 valence electrons. The molecule has 0 bridgehead atoms. The van der Waals surface area contributed by atoms with Gasteiger partial charge >= 0.3 is 0 Å².